The Morgan fingerprint density at radius 3 is 2.76 bits per heavy atom. The van der Waals surface area contributed by atoms with E-state index in [2.05, 4.69) is 20.4 Å². The van der Waals surface area contributed by atoms with Crippen LogP contribution in [0.25, 0.3) is 5.69 Å². The summed E-state index contributed by atoms with van der Waals surface area (Å²) in [4.78, 5) is 8.12. The lowest BCUT2D eigenvalue weighted by Crippen LogP contribution is -2.06. The van der Waals surface area contributed by atoms with Crippen molar-refractivity contribution in [2.45, 2.75) is 6.54 Å². The molecule has 0 aliphatic carbocycles. The lowest BCUT2D eigenvalue weighted by atomic mass is 10.2. The zero-order chi connectivity index (χ0) is 14.5. The van der Waals surface area contributed by atoms with Gasteiger partial charge in [0.25, 0.3) is 0 Å². The third-order valence-corrected chi connectivity index (χ3v) is 2.97. The van der Waals surface area contributed by atoms with Gasteiger partial charge in [-0.05, 0) is 17.7 Å². The molecule has 6 nitrogen and oxygen atoms in total. The molecule has 3 rings (SSSR count). The molecule has 0 fully saturated rings. The summed E-state index contributed by atoms with van der Waals surface area (Å²) in [5, 5.41) is 16.1. The van der Waals surface area contributed by atoms with Crippen LogP contribution in [0.5, 0.6) is 0 Å². The zero-order valence-corrected chi connectivity index (χ0v) is 11.1. The first-order valence-corrected chi connectivity index (χ1v) is 6.41. The minimum atomic E-state index is 0.303. The van der Waals surface area contributed by atoms with E-state index >= 15 is 0 Å². The van der Waals surface area contributed by atoms with Gasteiger partial charge in [-0.25, -0.2) is 14.6 Å². The predicted octanol–water partition coefficient (Wildman–Crippen LogP) is 2.15. The van der Waals surface area contributed by atoms with Gasteiger partial charge in [-0.15, -0.1) is 0 Å². The second-order valence-electron chi connectivity index (χ2n) is 4.33. The fourth-order valence-electron chi connectivity index (χ4n) is 1.96. The number of hydrogen-bond donors (Lipinski definition) is 1. The maximum atomic E-state index is 8.70. The van der Waals surface area contributed by atoms with Crippen LogP contribution in [-0.4, -0.2) is 19.7 Å². The molecule has 1 aromatic carbocycles. The summed E-state index contributed by atoms with van der Waals surface area (Å²) in [6, 6.07) is 11.8. The van der Waals surface area contributed by atoms with Crippen LogP contribution in [0.4, 0.5) is 5.82 Å². The second kappa shape index (κ2) is 5.84. The molecule has 2 heterocycles. The minimum Gasteiger partial charge on any atom is -0.365 e. The zero-order valence-electron chi connectivity index (χ0n) is 11.1. The molecule has 0 atom stereocenters. The Bertz CT molecular complexity index is 756. The fourth-order valence-corrected chi connectivity index (χ4v) is 1.96. The van der Waals surface area contributed by atoms with Gasteiger partial charge in [0.15, 0.2) is 5.69 Å². The molecular weight excluding hydrogens is 264 g/mol. The topological polar surface area (TPSA) is 79.4 Å². The molecule has 0 amide bonds. The van der Waals surface area contributed by atoms with Gasteiger partial charge >= 0.3 is 0 Å². The molecule has 3 aromatic rings. The van der Waals surface area contributed by atoms with Crippen molar-refractivity contribution in [1.29, 1.82) is 5.26 Å². The smallest absolute Gasteiger partial charge is 0.158 e. The molecule has 0 aliphatic heterocycles. The first kappa shape index (κ1) is 12.8. The van der Waals surface area contributed by atoms with Gasteiger partial charge in [-0.3, -0.25) is 0 Å². The first-order chi connectivity index (χ1) is 10.4. The van der Waals surface area contributed by atoms with Crippen molar-refractivity contribution in [3.8, 4) is 11.8 Å². The number of aromatic nitrogens is 4. The van der Waals surface area contributed by atoms with Crippen molar-refractivity contribution >= 4 is 5.82 Å². The molecule has 0 aliphatic rings. The molecular formula is C15H12N6. The van der Waals surface area contributed by atoms with Gasteiger partial charge in [0.1, 0.15) is 11.9 Å². The second-order valence-corrected chi connectivity index (χ2v) is 4.33. The number of nitrogens with zero attached hydrogens (tertiary/aromatic N) is 5. The van der Waals surface area contributed by atoms with Crippen LogP contribution in [0.2, 0.25) is 0 Å². The SMILES string of the molecule is N#Cc1cnc(NCc2ccccc2-n2cccn2)cn1. The Morgan fingerprint density at radius 2 is 2.05 bits per heavy atom. The summed E-state index contributed by atoms with van der Waals surface area (Å²) in [6.45, 7) is 0.594. The summed E-state index contributed by atoms with van der Waals surface area (Å²) in [5.41, 5.74) is 2.40. The van der Waals surface area contributed by atoms with Gasteiger partial charge in [0.05, 0.1) is 18.1 Å². The summed E-state index contributed by atoms with van der Waals surface area (Å²) in [7, 11) is 0. The molecule has 0 radical (unpaired) electrons. The molecule has 2 aromatic heterocycles. The predicted molar refractivity (Wildman–Crippen MR) is 77.6 cm³/mol. The number of anilines is 1. The van der Waals surface area contributed by atoms with Crippen molar-refractivity contribution in [3.63, 3.8) is 0 Å². The average molecular weight is 276 g/mol. The largest absolute Gasteiger partial charge is 0.365 e. The van der Waals surface area contributed by atoms with E-state index < -0.39 is 0 Å². The Labute approximate surface area is 121 Å². The Kier molecular flexibility index (Phi) is 3.56. The number of para-hydroxylation sites is 1. The number of nitrogens with one attached hydrogen (secondary N) is 1. The van der Waals surface area contributed by atoms with Crippen LogP contribution < -0.4 is 5.32 Å². The van der Waals surface area contributed by atoms with Crippen molar-refractivity contribution in [2.75, 3.05) is 5.32 Å². The van der Waals surface area contributed by atoms with E-state index in [4.69, 9.17) is 5.26 Å². The highest BCUT2D eigenvalue weighted by atomic mass is 15.3. The van der Waals surface area contributed by atoms with Crippen LogP contribution in [0, 0.1) is 11.3 Å². The van der Waals surface area contributed by atoms with Crippen LogP contribution in [-0.2, 0) is 6.54 Å². The van der Waals surface area contributed by atoms with Crippen molar-refractivity contribution in [1.82, 2.24) is 19.7 Å². The molecule has 102 valence electrons. The summed E-state index contributed by atoms with van der Waals surface area (Å²) in [6.07, 6.45) is 6.65. The van der Waals surface area contributed by atoms with E-state index in [0.29, 0.717) is 18.1 Å². The van der Waals surface area contributed by atoms with E-state index in [0.717, 1.165) is 11.3 Å². The highest BCUT2D eigenvalue weighted by Gasteiger charge is 2.04. The highest BCUT2D eigenvalue weighted by Crippen LogP contribution is 2.14. The lowest BCUT2D eigenvalue weighted by molar-refractivity contribution is 0.863. The molecule has 0 spiro atoms. The number of hydrogen-bond acceptors (Lipinski definition) is 5. The van der Waals surface area contributed by atoms with Crippen LogP contribution >= 0.6 is 0 Å². The molecule has 0 bridgehead atoms. The normalized spacial score (nSPS) is 10.0. The van der Waals surface area contributed by atoms with Crippen molar-refractivity contribution in [2.24, 2.45) is 0 Å². The maximum Gasteiger partial charge on any atom is 0.158 e. The molecule has 21 heavy (non-hydrogen) atoms. The Balaban J connectivity index is 1.78. The standard InChI is InChI=1S/C15H12N6/c16-8-13-10-19-15(11-17-13)18-9-12-4-1-2-5-14(12)21-7-3-6-20-21/h1-7,10-11H,9H2,(H,18,19). The number of nitriles is 1. The first-order valence-electron chi connectivity index (χ1n) is 6.41. The maximum absolute atomic E-state index is 8.70. The quantitative estimate of drug-likeness (QED) is 0.789. The van der Waals surface area contributed by atoms with E-state index in [1.807, 2.05) is 47.3 Å². The summed E-state index contributed by atoms with van der Waals surface area (Å²) in [5.74, 6) is 0.629. The third kappa shape index (κ3) is 2.87. The monoisotopic (exact) mass is 276 g/mol. The van der Waals surface area contributed by atoms with E-state index in [1.54, 1.807) is 12.4 Å². The van der Waals surface area contributed by atoms with Gasteiger partial charge in [0.2, 0.25) is 0 Å². The van der Waals surface area contributed by atoms with Crippen molar-refractivity contribution in [3.05, 3.63) is 66.4 Å². The van der Waals surface area contributed by atoms with E-state index in [9.17, 15) is 0 Å². The molecule has 1 N–H and O–H groups in total. The Morgan fingerprint density at radius 1 is 1.14 bits per heavy atom. The highest BCUT2D eigenvalue weighted by molar-refractivity contribution is 5.43. The fraction of sp³-hybridized carbons (Fsp3) is 0.0667. The van der Waals surface area contributed by atoms with Gasteiger partial charge in [0, 0.05) is 18.9 Å². The number of rotatable bonds is 4. The molecule has 6 heteroatoms. The van der Waals surface area contributed by atoms with Crippen LogP contribution in [0.3, 0.4) is 0 Å². The van der Waals surface area contributed by atoms with E-state index in [1.165, 1.54) is 6.20 Å². The van der Waals surface area contributed by atoms with Crippen LogP contribution in [0.15, 0.2) is 55.1 Å². The lowest BCUT2D eigenvalue weighted by Gasteiger charge is -2.10. The van der Waals surface area contributed by atoms with Gasteiger partial charge in [-0.1, -0.05) is 18.2 Å². The summed E-state index contributed by atoms with van der Waals surface area (Å²) < 4.78 is 1.82. The van der Waals surface area contributed by atoms with Gasteiger partial charge < -0.3 is 5.32 Å². The van der Waals surface area contributed by atoms with Gasteiger partial charge in [-0.2, -0.15) is 10.4 Å². The van der Waals surface area contributed by atoms with Crippen LogP contribution in [0.1, 0.15) is 11.3 Å². The molecule has 0 saturated carbocycles. The summed E-state index contributed by atoms with van der Waals surface area (Å²) >= 11 is 0. The molecule has 0 saturated heterocycles. The molecule has 0 unspecified atom stereocenters. The minimum absolute atomic E-state index is 0.303. The van der Waals surface area contributed by atoms with E-state index in [-0.39, 0.29) is 0 Å². The third-order valence-electron chi connectivity index (χ3n) is 2.97. The Hall–Kier alpha value is -3.20. The number of benzene rings is 1. The van der Waals surface area contributed by atoms with Crippen molar-refractivity contribution < 1.29 is 0 Å². The average Bonchev–Trinajstić information content (AvgIpc) is 3.08.